The predicted molar refractivity (Wildman–Crippen MR) is 82.6 cm³/mol. The van der Waals surface area contributed by atoms with Crippen LogP contribution in [-0.4, -0.2) is 59.6 Å². The van der Waals surface area contributed by atoms with Gasteiger partial charge in [-0.1, -0.05) is 0 Å². The molecule has 0 radical (unpaired) electrons. The van der Waals surface area contributed by atoms with Gasteiger partial charge in [-0.05, 0) is 46.8 Å². The van der Waals surface area contributed by atoms with Crippen molar-refractivity contribution >= 4 is 0 Å². The van der Waals surface area contributed by atoms with E-state index in [-0.39, 0.29) is 6.04 Å². The summed E-state index contributed by atoms with van der Waals surface area (Å²) in [7, 11) is 4.39. The van der Waals surface area contributed by atoms with E-state index < -0.39 is 0 Å². The highest BCUT2D eigenvalue weighted by atomic mass is 15.2. The molecule has 1 aliphatic rings. The Morgan fingerprint density at radius 2 is 2.25 bits per heavy atom. The lowest BCUT2D eigenvalue weighted by molar-refractivity contribution is 0.203. The van der Waals surface area contributed by atoms with Gasteiger partial charge in [-0.25, -0.2) is 4.98 Å². The number of nitrogens with zero attached hydrogens (tertiary/aromatic N) is 4. The monoisotopic (exact) mass is 279 g/mol. The molecule has 0 saturated carbocycles. The molecule has 2 unspecified atom stereocenters. The van der Waals surface area contributed by atoms with Crippen molar-refractivity contribution in [3.8, 4) is 0 Å². The number of nitrogens with two attached hydrogens (primary N) is 1. The molecule has 2 N–H and O–H groups in total. The molecular weight excluding hydrogens is 250 g/mol. The van der Waals surface area contributed by atoms with Gasteiger partial charge in [-0.3, -0.25) is 4.90 Å². The third kappa shape index (κ3) is 3.40. The molecule has 2 heterocycles. The van der Waals surface area contributed by atoms with Gasteiger partial charge in [0.25, 0.3) is 0 Å². The summed E-state index contributed by atoms with van der Waals surface area (Å²) in [5, 5.41) is 0. The summed E-state index contributed by atoms with van der Waals surface area (Å²) in [6.07, 6.45) is 5.18. The van der Waals surface area contributed by atoms with E-state index in [1.54, 1.807) is 0 Å². The van der Waals surface area contributed by atoms with Crippen molar-refractivity contribution in [2.24, 2.45) is 11.7 Å². The molecule has 1 aromatic rings. The van der Waals surface area contributed by atoms with Gasteiger partial charge in [0.15, 0.2) is 0 Å². The molecule has 0 aliphatic carbocycles. The normalized spacial score (nSPS) is 22.1. The molecule has 1 aromatic heterocycles. The molecule has 1 saturated heterocycles. The van der Waals surface area contributed by atoms with Gasteiger partial charge in [-0.15, -0.1) is 0 Å². The van der Waals surface area contributed by atoms with Crippen molar-refractivity contribution in [1.82, 2.24) is 19.4 Å². The van der Waals surface area contributed by atoms with E-state index in [1.807, 2.05) is 12.5 Å². The Morgan fingerprint density at radius 3 is 2.80 bits per heavy atom. The molecule has 1 fully saturated rings. The number of likely N-dealkylation sites (tertiary alicyclic amines) is 1. The number of rotatable bonds is 6. The Morgan fingerprint density at radius 1 is 1.50 bits per heavy atom. The third-order valence-electron chi connectivity index (χ3n) is 4.38. The van der Waals surface area contributed by atoms with Crippen LogP contribution >= 0.6 is 0 Å². The van der Waals surface area contributed by atoms with E-state index >= 15 is 0 Å². The fraction of sp³-hybridized carbons (Fsp3) is 0.800. The maximum atomic E-state index is 6.04. The zero-order chi connectivity index (χ0) is 14.7. The predicted octanol–water partition coefficient (Wildman–Crippen LogP) is 1.35. The lowest BCUT2D eigenvalue weighted by Crippen LogP contribution is -2.36. The van der Waals surface area contributed by atoms with Crippen LogP contribution in [0.4, 0.5) is 0 Å². The first kappa shape index (κ1) is 15.5. The van der Waals surface area contributed by atoms with Crippen molar-refractivity contribution in [2.75, 3.05) is 40.3 Å². The van der Waals surface area contributed by atoms with Crippen LogP contribution in [0.2, 0.25) is 0 Å². The van der Waals surface area contributed by atoms with Crippen LogP contribution in [0.15, 0.2) is 12.5 Å². The number of likely N-dealkylation sites (N-methyl/N-ethyl adjacent to an activating group) is 1. The number of aromatic nitrogens is 2. The van der Waals surface area contributed by atoms with Gasteiger partial charge >= 0.3 is 0 Å². The van der Waals surface area contributed by atoms with Crippen LogP contribution in [0.25, 0.3) is 0 Å². The average molecular weight is 279 g/mol. The second-order valence-electron chi connectivity index (χ2n) is 6.43. The van der Waals surface area contributed by atoms with Crippen LogP contribution in [0, 0.1) is 5.92 Å². The van der Waals surface area contributed by atoms with Crippen LogP contribution in [0.3, 0.4) is 0 Å². The number of hydrogen-bond donors (Lipinski definition) is 1. The fourth-order valence-electron chi connectivity index (χ4n) is 3.24. The van der Waals surface area contributed by atoms with Gasteiger partial charge in [0.2, 0.25) is 0 Å². The molecular formula is C15H29N5. The molecule has 0 bridgehead atoms. The van der Waals surface area contributed by atoms with E-state index in [4.69, 9.17) is 5.73 Å². The summed E-state index contributed by atoms with van der Waals surface area (Å²) in [5.41, 5.74) is 7.28. The Hall–Kier alpha value is -0.910. The highest BCUT2D eigenvalue weighted by Gasteiger charge is 2.26. The maximum Gasteiger partial charge on any atom is 0.0951 e. The molecule has 5 nitrogen and oxygen atoms in total. The van der Waals surface area contributed by atoms with E-state index in [0.29, 0.717) is 12.6 Å². The topological polar surface area (TPSA) is 50.3 Å². The van der Waals surface area contributed by atoms with Crippen LogP contribution in [-0.2, 0) is 0 Å². The van der Waals surface area contributed by atoms with Gasteiger partial charge in [0.05, 0.1) is 18.1 Å². The number of hydrogen-bond acceptors (Lipinski definition) is 4. The van der Waals surface area contributed by atoms with Crippen LogP contribution in [0.1, 0.15) is 38.0 Å². The van der Waals surface area contributed by atoms with E-state index in [2.05, 4.69) is 47.3 Å². The summed E-state index contributed by atoms with van der Waals surface area (Å²) in [4.78, 5) is 9.12. The van der Waals surface area contributed by atoms with Gasteiger partial charge in [-0.2, -0.15) is 0 Å². The van der Waals surface area contributed by atoms with Crippen molar-refractivity contribution < 1.29 is 0 Å². The summed E-state index contributed by atoms with van der Waals surface area (Å²) in [6.45, 7) is 8.53. The Balaban J connectivity index is 2.05. The summed E-state index contributed by atoms with van der Waals surface area (Å²) in [6, 6.07) is 0.679. The van der Waals surface area contributed by atoms with E-state index in [0.717, 1.165) is 12.5 Å². The lowest BCUT2D eigenvalue weighted by atomic mass is 10.1. The van der Waals surface area contributed by atoms with Crippen molar-refractivity contribution in [3.05, 3.63) is 18.2 Å². The summed E-state index contributed by atoms with van der Waals surface area (Å²) in [5.74, 6) is 0.759. The fourth-order valence-corrected chi connectivity index (χ4v) is 3.24. The van der Waals surface area contributed by atoms with Gasteiger partial charge < -0.3 is 15.2 Å². The first-order chi connectivity index (χ1) is 9.52. The molecule has 20 heavy (non-hydrogen) atoms. The molecule has 0 amide bonds. The Labute approximate surface area is 122 Å². The molecule has 0 aromatic carbocycles. The van der Waals surface area contributed by atoms with Crippen molar-refractivity contribution in [1.29, 1.82) is 0 Å². The molecule has 1 aliphatic heterocycles. The third-order valence-corrected chi connectivity index (χ3v) is 4.38. The standard InChI is InChI=1S/C15H29N5/c1-12(2)20-11-17-8-15(20)14(7-16)19(4)10-13-5-6-18(3)9-13/h8,11-14H,5-7,9-10,16H2,1-4H3. The quantitative estimate of drug-likeness (QED) is 0.854. The second kappa shape index (κ2) is 6.70. The lowest BCUT2D eigenvalue weighted by Gasteiger charge is -2.30. The average Bonchev–Trinajstić information content (AvgIpc) is 3.00. The second-order valence-corrected chi connectivity index (χ2v) is 6.43. The Bertz CT molecular complexity index is 414. The van der Waals surface area contributed by atoms with Crippen LogP contribution < -0.4 is 5.73 Å². The molecule has 114 valence electrons. The minimum Gasteiger partial charge on any atom is -0.331 e. The number of imidazole rings is 1. The minimum absolute atomic E-state index is 0.255. The molecule has 2 atom stereocenters. The maximum absolute atomic E-state index is 6.04. The SMILES string of the molecule is CC(C)n1cncc1C(CN)N(C)CC1CCN(C)C1. The van der Waals surface area contributed by atoms with E-state index in [1.165, 1.54) is 25.2 Å². The smallest absolute Gasteiger partial charge is 0.0951 e. The van der Waals surface area contributed by atoms with Crippen molar-refractivity contribution in [3.63, 3.8) is 0 Å². The van der Waals surface area contributed by atoms with Crippen LogP contribution in [0.5, 0.6) is 0 Å². The highest BCUT2D eigenvalue weighted by Crippen LogP contribution is 2.24. The molecule has 0 spiro atoms. The zero-order valence-electron chi connectivity index (χ0n) is 13.3. The highest BCUT2D eigenvalue weighted by molar-refractivity contribution is 5.07. The molecule has 2 rings (SSSR count). The first-order valence-electron chi connectivity index (χ1n) is 7.63. The Kier molecular flexibility index (Phi) is 5.18. The summed E-state index contributed by atoms with van der Waals surface area (Å²) < 4.78 is 2.23. The largest absolute Gasteiger partial charge is 0.331 e. The first-order valence-corrected chi connectivity index (χ1v) is 7.63. The van der Waals surface area contributed by atoms with Gasteiger partial charge in [0, 0.05) is 31.9 Å². The summed E-state index contributed by atoms with van der Waals surface area (Å²) >= 11 is 0. The van der Waals surface area contributed by atoms with E-state index in [9.17, 15) is 0 Å². The van der Waals surface area contributed by atoms with Crippen molar-refractivity contribution in [2.45, 2.75) is 32.4 Å². The van der Waals surface area contributed by atoms with Gasteiger partial charge in [0.1, 0.15) is 0 Å². The minimum atomic E-state index is 0.255. The zero-order valence-corrected chi connectivity index (χ0v) is 13.3. The molecule has 5 heteroatoms.